The normalized spacial score (nSPS) is 12.6. The number of aliphatic hydroxyl groups is 1. The molecule has 2 rings (SSSR count). The van der Waals surface area contributed by atoms with E-state index in [4.69, 9.17) is 4.74 Å². The Balaban J connectivity index is 2.15. The van der Waals surface area contributed by atoms with Gasteiger partial charge in [-0.05, 0) is 24.1 Å². The lowest BCUT2D eigenvalue weighted by Gasteiger charge is -2.20. The molecule has 0 saturated carbocycles. The first-order valence-electron chi connectivity index (χ1n) is 7.09. The third kappa shape index (κ3) is 3.36. The highest BCUT2D eigenvalue weighted by Crippen LogP contribution is 2.26. The number of benzene rings is 1. The zero-order valence-corrected chi connectivity index (χ0v) is 12.7. The van der Waals surface area contributed by atoms with E-state index in [1.54, 1.807) is 7.11 Å². The number of methoxy groups -OCH3 is 1. The number of carbonyl (C=O) groups is 1. The van der Waals surface area contributed by atoms with Crippen molar-refractivity contribution in [1.82, 2.24) is 9.88 Å². The molecule has 1 heterocycles. The third-order valence-electron chi connectivity index (χ3n) is 3.66. The fourth-order valence-corrected chi connectivity index (χ4v) is 2.34. The molecule has 0 radical (unpaired) electrons. The Morgan fingerprint density at radius 1 is 1.38 bits per heavy atom. The zero-order chi connectivity index (χ0) is 15.4. The van der Waals surface area contributed by atoms with Crippen LogP contribution in [0.4, 0.5) is 0 Å². The van der Waals surface area contributed by atoms with Crippen LogP contribution >= 0.6 is 0 Å². The van der Waals surface area contributed by atoms with E-state index in [9.17, 15) is 9.90 Å². The average Bonchev–Trinajstić information content (AvgIpc) is 2.87. The highest BCUT2D eigenvalue weighted by atomic mass is 16.5. The van der Waals surface area contributed by atoms with Crippen molar-refractivity contribution in [2.24, 2.45) is 5.92 Å². The smallest absolute Gasteiger partial charge is 0.240 e. The molecule has 1 amide bonds. The van der Waals surface area contributed by atoms with E-state index in [2.05, 4.69) is 5.32 Å². The highest BCUT2D eigenvalue weighted by Gasteiger charge is 2.16. The summed E-state index contributed by atoms with van der Waals surface area (Å²) in [6, 6.07) is 7.48. The minimum atomic E-state index is -0.214. The van der Waals surface area contributed by atoms with Crippen LogP contribution < -0.4 is 10.1 Å². The SMILES string of the molecule is COc1cccc2c1ccn2CC(=O)N[C@H](CO)C(C)C. The lowest BCUT2D eigenvalue weighted by molar-refractivity contribution is -0.123. The molecule has 21 heavy (non-hydrogen) atoms. The minimum Gasteiger partial charge on any atom is -0.496 e. The predicted octanol–water partition coefficient (Wildman–Crippen LogP) is 1.78. The van der Waals surface area contributed by atoms with Gasteiger partial charge in [-0.2, -0.15) is 0 Å². The van der Waals surface area contributed by atoms with Gasteiger partial charge in [-0.3, -0.25) is 4.79 Å². The van der Waals surface area contributed by atoms with Crippen LogP contribution in [0.1, 0.15) is 13.8 Å². The van der Waals surface area contributed by atoms with Gasteiger partial charge < -0.3 is 19.7 Å². The molecule has 0 aliphatic rings. The van der Waals surface area contributed by atoms with Gasteiger partial charge in [0.25, 0.3) is 0 Å². The van der Waals surface area contributed by atoms with Crippen LogP contribution in [0.25, 0.3) is 10.9 Å². The highest BCUT2D eigenvalue weighted by molar-refractivity contribution is 5.88. The molecular formula is C16H22N2O3. The molecule has 0 unspecified atom stereocenters. The van der Waals surface area contributed by atoms with Crippen LogP contribution in [0.15, 0.2) is 30.5 Å². The van der Waals surface area contributed by atoms with Crippen LogP contribution in [-0.4, -0.2) is 35.3 Å². The van der Waals surface area contributed by atoms with Gasteiger partial charge in [0.1, 0.15) is 12.3 Å². The zero-order valence-electron chi connectivity index (χ0n) is 12.7. The molecule has 0 aliphatic carbocycles. The fourth-order valence-electron chi connectivity index (χ4n) is 2.34. The van der Waals surface area contributed by atoms with Crippen LogP contribution in [0, 0.1) is 5.92 Å². The second kappa shape index (κ2) is 6.63. The second-order valence-electron chi connectivity index (χ2n) is 5.44. The number of hydrogen-bond acceptors (Lipinski definition) is 3. The first kappa shape index (κ1) is 15.4. The molecular weight excluding hydrogens is 268 g/mol. The van der Waals surface area contributed by atoms with Gasteiger partial charge in [0.15, 0.2) is 0 Å². The van der Waals surface area contributed by atoms with E-state index in [-0.39, 0.29) is 31.0 Å². The first-order chi connectivity index (χ1) is 10.1. The summed E-state index contributed by atoms with van der Waals surface area (Å²) in [6.45, 7) is 4.11. The van der Waals surface area contributed by atoms with Crippen LogP contribution in [0.5, 0.6) is 5.75 Å². The Hall–Kier alpha value is -2.01. The number of aromatic nitrogens is 1. The number of ether oxygens (including phenoxy) is 1. The van der Waals surface area contributed by atoms with Gasteiger partial charge in [-0.15, -0.1) is 0 Å². The van der Waals surface area contributed by atoms with Crippen molar-refractivity contribution in [3.05, 3.63) is 30.5 Å². The van der Waals surface area contributed by atoms with Crippen LogP contribution in [0.3, 0.4) is 0 Å². The molecule has 1 aromatic heterocycles. The van der Waals surface area contributed by atoms with Crippen molar-refractivity contribution < 1.29 is 14.6 Å². The Kier molecular flexibility index (Phi) is 4.85. The van der Waals surface area contributed by atoms with Gasteiger partial charge in [0.2, 0.25) is 5.91 Å². The average molecular weight is 290 g/mol. The standard InChI is InChI=1S/C16H22N2O3/c1-11(2)13(10-19)17-16(20)9-18-8-7-12-14(18)5-4-6-15(12)21-3/h4-8,11,13,19H,9-10H2,1-3H3,(H,17,20)/t13-/m1/s1. The van der Waals surface area contributed by atoms with Crippen molar-refractivity contribution in [3.8, 4) is 5.75 Å². The van der Waals surface area contributed by atoms with E-state index in [1.807, 2.05) is 48.9 Å². The van der Waals surface area contributed by atoms with E-state index in [0.29, 0.717) is 0 Å². The number of aliphatic hydroxyl groups excluding tert-OH is 1. The Labute approximate surface area is 124 Å². The molecule has 0 bridgehead atoms. The molecule has 5 heteroatoms. The third-order valence-corrected chi connectivity index (χ3v) is 3.66. The summed E-state index contributed by atoms with van der Waals surface area (Å²) in [6.07, 6.45) is 1.87. The number of hydrogen-bond donors (Lipinski definition) is 2. The van der Waals surface area contributed by atoms with Crippen molar-refractivity contribution in [2.75, 3.05) is 13.7 Å². The van der Waals surface area contributed by atoms with Crippen LogP contribution in [-0.2, 0) is 11.3 Å². The number of amides is 1. The Morgan fingerprint density at radius 3 is 2.76 bits per heavy atom. The maximum atomic E-state index is 12.1. The summed E-state index contributed by atoms with van der Waals surface area (Å²) in [4.78, 5) is 12.1. The van der Waals surface area contributed by atoms with Gasteiger partial charge in [-0.25, -0.2) is 0 Å². The summed E-state index contributed by atoms with van der Waals surface area (Å²) >= 11 is 0. The maximum absolute atomic E-state index is 12.1. The molecule has 0 fully saturated rings. The second-order valence-corrected chi connectivity index (χ2v) is 5.44. The summed E-state index contributed by atoms with van der Waals surface area (Å²) in [5.41, 5.74) is 0.953. The van der Waals surface area contributed by atoms with Crippen molar-refractivity contribution in [1.29, 1.82) is 0 Å². The minimum absolute atomic E-state index is 0.0519. The molecule has 2 N–H and O–H groups in total. The van der Waals surface area contributed by atoms with E-state index < -0.39 is 0 Å². The van der Waals surface area contributed by atoms with Crippen molar-refractivity contribution in [3.63, 3.8) is 0 Å². The van der Waals surface area contributed by atoms with Crippen LogP contribution in [0.2, 0.25) is 0 Å². The summed E-state index contributed by atoms with van der Waals surface area (Å²) in [7, 11) is 1.63. The van der Waals surface area contributed by atoms with E-state index >= 15 is 0 Å². The Bertz CT molecular complexity index is 619. The molecule has 1 aromatic carbocycles. The number of rotatable bonds is 6. The number of carbonyl (C=O) groups excluding carboxylic acids is 1. The molecule has 0 aliphatic heterocycles. The van der Waals surface area contributed by atoms with E-state index in [1.165, 1.54) is 0 Å². The molecule has 0 spiro atoms. The Morgan fingerprint density at radius 2 is 2.14 bits per heavy atom. The first-order valence-corrected chi connectivity index (χ1v) is 7.09. The summed E-state index contributed by atoms with van der Waals surface area (Å²) in [5, 5.41) is 13.1. The lowest BCUT2D eigenvalue weighted by atomic mass is 10.1. The predicted molar refractivity (Wildman–Crippen MR) is 82.3 cm³/mol. The van der Waals surface area contributed by atoms with Gasteiger partial charge >= 0.3 is 0 Å². The van der Waals surface area contributed by atoms with Gasteiger partial charge in [0, 0.05) is 11.6 Å². The molecule has 2 aromatic rings. The topological polar surface area (TPSA) is 63.5 Å². The summed E-state index contributed by atoms with van der Waals surface area (Å²) in [5.74, 6) is 0.880. The molecule has 5 nitrogen and oxygen atoms in total. The number of nitrogens with one attached hydrogen (secondary N) is 1. The lowest BCUT2D eigenvalue weighted by Crippen LogP contribution is -2.42. The monoisotopic (exact) mass is 290 g/mol. The van der Waals surface area contributed by atoms with Crippen molar-refractivity contribution in [2.45, 2.75) is 26.4 Å². The molecule has 1 atom stereocenters. The maximum Gasteiger partial charge on any atom is 0.240 e. The molecule has 0 saturated heterocycles. The van der Waals surface area contributed by atoms with Crippen molar-refractivity contribution >= 4 is 16.8 Å². The largest absolute Gasteiger partial charge is 0.496 e. The number of fused-ring (bicyclic) bond motifs is 1. The van der Waals surface area contributed by atoms with E-state index in [0.717, 1.165) is 16.7 Å². The number of nitrogens with zero attached hydrogens (tertiary/aromatic N) is 1. The quantitative estimate of drug-likeness (QED) is 0.852. The van der Waals surface area contributed by atoms with Gasteiger partial charge in [-0.1, -0.05) is 19.9 Å². The fraction of sp³-hybridized carbons (Fsp3) is 0.438. The summed E-state index contributed by atoms with van der Waals surface area (Å²) < 4.78 is 7.19. The molecule has 114 valence electrons. The van der Waals surface area contributed by atoms with Gasteiger partial charge in [0.05, 0.1) is 25.3 Å².